The van der Waals surface area contributed by atoms with Crippen LogP contribution in [0.4, 0.5) is 5.82 Å². The molecule has 0 aliphatic heterocycles. The lowest BCUT2D eigenvalue weighted by Crippen LogP contribution is -2.02. The van der Waals surface area contributed by atoms with E-state index in [1.807, 2.05) is 25.1 Å². The molecule has 0 saturated carbocycles. The average molecular weight is 228 g/mol. The third-order valence-electron chi connectivity index (χ3n) is 2.59. The Hall–Kier alpha value is -2.03. The number of hydrogen-bond acceptors (Lipinski definition) is 3. The Kier molecular flexibility index (Phi) is 3.60. The van der Waals surface area contributed by atoms with Crippen LogP contribution in [0.2, 0.25) is 0 Å². The summed E-state index contributed by atoms with van der Waals surface area (Å²) < 4.78 is 0. The first-order valence-electron chi connectivity index (χ1n) is 5.74. The molecule has 0 fully saturated rings. The first-order valence-corrected chi connectivity index (χ1v) is 5.74. The molecule has 88 valence electrons. The van der Waals surface area contributed by atoms with Crippen molar-refractivity contribution in [3.05, 3.63) is 42.6 Å². The first kappa shape index (κ1) is 11.5. The van der Waals surface area contributed by atoms with Crippen LogP contribution in [0, 0.1) is 0 Å². The Balaban J connectivity index is 2.24. The molecule has 0 saturated heterocycles. The second-order valence-corrected chi connectivity index (χ2v) is 3.85. The van der Waals surface area contributed by atoms with E-state index < -0.39 is 0 Å². The highest BCUT2D eigenvalue weighted by Gasteiger charge is 2.02. The van der Waals surface area contributed by atoms with E-state index >= 15 is 0 Å². The Morgan fingerprint density at radius 2 is 2.24 bits per heavy atom. The summed E-state index contributed by atoms with van der Waals surface area (Å²) in [5.41, 5.74) is 0. The molecule has 1 aromatic heterocycles. The van der Waals surface area contributed by atoms with E-state index in [9.17, 15) is 5.11 Å². The molecule has 2 rings (SSSR count). The minimum Gasteiger partial charge on any atom is -0.508 e. The van der Waals surface area contributed by atoms with Gasteiger partial charge in [0.1, 0.15) is 11.6 Å². The van der Waals surface area contributed by atoms with E-state index in [2.05, 4.69) is 16.4 Å². The van der Waals surface area contributed by atoms with Crippen LogP contribution in [0.5, 0.6) is 5.75 Å². The second kappa shape index (κ2) is 5.34. The van der Waals surface area contributed by atoms with Crippen molar-refractivity contribution in [1.29, 1.82) is 0 Å². The molecule has 0 radical (unpaired) electrons. The van der Waals surface area contributed by atoms with Gasteiger partial charge in [0, 0.05) is 18.1 Å². The maximum Gasteiger partial charge on any atom is 0.133 e. The second-order valence-electron chi connectivity index (χ2n) is 3.85. The summed E-state index contributed by atoms with van der Waals surface area (Å²) in [6.07, 6.45) is 6.88. The summed E-state index contributed by atoms with van der Waals surface area (Å²) in [5.74, 6) is 1.09. The number of phenols is 1. The summed E-state index contributed by atoms with van der Waals surface area (Å²) in [5, 5.41) is 14.8. The SMILES string of the molecule is C/C=C/CCNc1nccc2ccc(O)cc12. The first-order chi connectivity index (χ1) is 8.31. The van der Waals surface area contributed by atoms with E-state index in [1.165, 1.54) is 0 Å². The van der Waals surface area contributed by atoms with Crippen LogP contribution in [0.3, 0.4) is 0 Å². The van der Waals surface area contributed by atoms with Crippen molar-refractivity contribution < 1.29 is 5.11 Å². The minimum atomic E-state index is 0.266. The number of pyridine rings is 1. The molecule has 1 heterocycles. The number of allylic oxidation sites excluding steroid dienone is 1. The van der Waals surface area contributed by atoms with Crippen LogP contribution in [-0.2, 0) is 0 Å². The van der Waals surface area contributed by atoms with Gasteiger partial charge in [-0.05, 0) is 36.9 Å². The van der Waals surface area contributed by atoms with Gasteiger partial charge in [-0.25, -0.2) is 4.98 Å². The highest BCUT2D eigenvalue weighted by atomic mass is 16.3. The Labute approximate surface area is 101 Å². The van der Waals surface area contributed by atoms with Crippen LogP contribution in [0.15, 0.2) is 42.6 Å². The molecule has 2 aromatic rings. The number of nitrogens with zero attached hydrogens (tertiary/aromatic N) is 1. The standard InChI is InChI=1S/C14H16N2O/c1-2-3-4-8-15-14-13-10-12(17)6-5-11(13)7-9-16-14/h2-3,5-7,9-10,17H,4,8H2,1H3,(H,15,16)/b3-2+. The van der Waals surface area contributed by atoms with E-state index in [1.54, 1.807) is 18.3 Å². The molecule has 0 unspecified atom stereocenters. The van der Waals surface area contributed by atoms with Gasteiger partial charge in [-0.1, -0.05) is 18.2 Å². The zero-order valence-corrected chi connectivity index (χ0v) is 9.85. The number of benzene rings is 1. The molecule has 0 atom stereocenters. The summed E-state index contributed by atoms with van der Waals surface area (Å²) in [4.78, 5) is 4.30. The van der Waals surface area contributed by atoms with Gasteiger partial charge in [0.05, 0.1) is 0 Å². The van der Waals surface area contributed by atoms with E-state index in [0.29, 0.717) is 0 Å². The fourth-order valence-corrected chi connectivity index (χ4v) is 1.74. The average Bonchev–Trinajstić information content (AvgIpc) is 2.35. The Morgan fingerprint density at radius 3 is 3.06 bits per heavy atom. The normalized spacial score (nSPS) is 11.1. The molecule has 2 N–H and O–H groups in total. The predicted octanol–water partition coefficient (Wildman–Crippen LogP) is 3.32. The fraction of sp³-hybridized carbons (Fsp3) is 0.214. The highest BCUT2D eigenvalue weighted by molar-refractivity contribution is 5.92. The number of hydrogen-bond donors (Lipinski definition) is 2. The quantitative estimate of drug-likeness (QED) is 0.623. The van der Waals surface area contributed by atoms with Crippen LogP contribution in [-0.4, -0.2) is 16.6 Å². The van der Waals surface area contributed by atoms with Crippen LogP contribution >= 0.6 is 0 Å². The van der Waals surface area contributed by atoms with Gasteiger partial charge in [0.15, 0.2) is 0 Å². The van der Waals surface area contributed by atoms with Crippen molar-refractivity contribution in [1.82, 2.24) is 4.98 Å². The summed E-state index contributed by atoms with van der Waals surface area (Å²) in [7, 11) is 0. The maximum absolute atomic E-state index is 9.50. The summed E-state index contributed by atoms with van der Waals surface area (Å²) >= 11 is 0. The van der Waals surface area contributed by atoms with Crippen molar-refractivity contribution in [3.8, 4) is 5.75 Å². The Bertz CT molecular complexity index is 535. The number of fused-ring (bicyclic) bond motifs is 1. The van der Waals surface area contributed by atoms with Crippen molar-refractivity contribution in [2.24, 2.45) is 0 Å². The molecular weight excluding hydrogens is 212 g/mol. The number of aromatic hydroxyl groups is 1. The third-order valence-corrected chi connectivity index (χ3v) is 2.59. The molecule has 0 bridgehead atoms. The lowest BCUT2D eigenvalue weighted by Gasteiger charge is -2.07. The predicted molar refractivity (Wildman–Crippen MR) is 71.3 cm³/mol. The van der Waals surface area contributed by atoms with Crippen LogP contribution in [0.25, 0.3) is 10.8 Å². The van der Waals surface area contributed by atoms with Gasteiger partial charge in [-0.15, -0.1) is 0 Å². The van der Waals surface area contributed by atoms with E-state index in [4.69, 9.17) is 0 Å². The minimum absolute atomic E-state index is 0.266. The number of nitrogens with one attached hydrogen (secondary N) is 1. The van der Waals surface area contributed by atoms with Gasteiger partial charge >= 0.3 is 0 Å². The number of anilines is 1. The molecule has 0 spiro atoms. The number of rotatable bonds is 4. The molecule has 1 aromatic carbocycles. The van der Waals surface area contributed by atoms with Gasteiger partial charge in [-0.2, -0.15) is 0 Å². The Morgan fingerprint density at radius 1 is 1.35 bits per heavy atom. The van der Waals surface area contributed by atoms with Crippen LogP contribution in [0.1, 0.15) is 13.3 Å². The highest BCUT2D eigenvalue weighted by Crippen LogP contribution is 2.24. The van der Waals surface area contributed by atoms with Crippen molar-refractivity contribution in [3.63, 3.8) is 0 Å². The molecule has 3 nitrogen and oxygen atoms in total. The van der Waals surface area contributed by atoms with Crippen LogP contribution < -0.4 is 5.32 Å². The number of phenolic OH excluding ortho intramolecular Hbond substituents is 1. The molecule has 17 heavy (non-hydrogen) atoms. The van der Waals surface area contributed by atoms with Crippen molar-refractivity contribution in [2.75, 3.05) is 11.9 Å². The van der Waals surface area contributed by atoms with Crippen molar-refractivity contribution >= 4 is 16.6 Å². The van der Waals surface area contributed by atoms with E-state index in [-0.39, 0.29) is 5.75 Å². The lowest BCUT2D eigenvalue weighted by molar-refractivity contribution is 0.476. The molecule has 0 amide bonds. The largest absolute Gasteiger partial charge is 0.508 e. The smallest absolute Gasteiger partial charge is 0.133 e. The molecular formula is C14H16N2O. The lowest BCUT2D eigenvalue weighted by atomic mass is 10.1. The zero-order chi connectivity index (χ0) is 12.1. The van der Waals surface area contributed by atoms with Gasteiger partial charge in [0.2, 0.25) is 0 Å². The maximum atomic E-state index is 9.50. The summed E-state index contributed by atoms with van der Waals surface area (Å²) in [6, 6.07) is 7.25. The fourth-order valence-electron chi connectivity index (χ4n) is 1.74. The monoisotopic (exact) mass is 228 g/mol. The van der Waals surface area contributed by atoms with Gasteiger partial charge < -0.3 is 10.4 Å². The molecule has 0 aliphatic carbocycles. The molecule has 0 aliphatic rings. The van der Waals surface area contributed by atoms with Gasteiger partial charge in [-0.3, -0.25) is 0 Å². The third kappa shape index (κ3) is 2.75. The van der Waals surface area contributed by atoms with Crippen molar-refractivity contribution in [2.45, 2.75) is 13.3 Å². The summed E-state index contributed by atoms with van der Waals surface area (Å²) in [6.45, 7) is 2.85. The molecule has 3 heteroatoms. The zero-order valence-electron chi connectivity index (χ0n) is 9.85. The van der Waals surface area contributed by atoms with E-state index in [0.717, 1.165) is 29.6 Å². The van der Waals surface area contributed by atoms with Gasteiger partial charge in [0.25, 0.3) is 0 Å². The number of aromatic nitrogens is 1. The topological polar surface area (TPSA) is 45.2 Å².